The molecular formula is C27H29N3O4S2. The van der Waals surface area contributed by atoms with Crippen LogP contribution in [-0.2, 0) is 16.6 Å². The van der Waals surface area contributed by atoms with E-state index in [1.165, 1.54) is 4.31 Å². The average Bonchev–Trinajstić information content (AvgIpc) is 3.46. The van der Waals surface area contributed by atoms with Gasteiger partial charge in [0.2, 0.25) is 10.0 Å². The summed E-state index contributed by atoms with van der Waals surface area (Å²) in [6, 6.07) is 18.4. The fraction of sp³-hybridized carbons (Fsp3) is 0.296. The van der Waals surface area contributed by atoms with E-state index in [0.717, 1.165) is 27.1 Å². The molecule has 1 aliphatic heterocycles. The van der Waals surface area contributed by atoms with Gasteiger partial charge in [-0.15, -0.1) is 11.3 Å². The molecule has 1 unspecified atom stereocenters. The zero-order valence-corrected chi connectivity index (χ0v) is 22.2. The number of carbonyl (C=O) groups excluding carboxylic acids is 1. The molecule has 0 aliphatic carbocycles. The van der Waals surface area contributed by atoms with Gasteiger partial charge in [0.25, 0.3) is 5.91 Å². The van der Waals surface area contributed by atoms with Gasteiger partial charge in [0, 0.05) is 37.6 Å². The maximum absolute atomic E-state index is 13.7. The molecule has 5 rings (SSSR count). The molecule has 1 saturated heterocycles. The molecule has 4 aromatic rings. The van der Waals surface area contributed by atoms with Crippen molar-refractivity contribution in [2.45, 2.75) is 31.3 Å². The number of methoxy groups -OCH3 is 1. The Labute approximate surface area is 215 Å². The third-order valence-electron chi connectivity index (χ3n) is 6.68. The molecular weight excluding hydrogens is 494 g/mol. The van der Waals surface area contributed by atoms with Crippen LogP contribution in [0, 0.1) is 6.92 Å². The lowest BCUT2D eigenvalue weighted by molar-refractivity contribution is 0.0632. The van der Waals surface area contributed by atoms with Crippen molar-refractivity contribution in [3.8, 4) is 5.75 Å². The Balaban J connectivity index is 1.39. The van der Waals surface area contributed by atoms with E-state index in [0.29, 0.717) is 25.3 Å². The molecule has 9 heteroatoms. The van der Waals surface area contributed by atoms with Crippen LogP contribution >= 0.6 is 11.3 Å². The molecule has 2 aromatic carbocycles. The van der Waals surface area contributed by atoms with E-state index >= 15 is 0 Å². The van der Waals surface area contributed by atoms with E-state index in [2.05, 4.69) is 4.57 Å². The molecule has 0 bridgehead atoms. The Morgan fingerprint density at radius 2 is 1.86 bits per heavy atom. The molecule has 1 aliphatic rings. The van der Waals surface area contributed by atoms with Crippen molar-refractivity contribution in [1.82, 2.24) is 13.8 Å². The summed E-state index contributed by atoms with van der Waals surface area (Å²) in [5.74, 6) is 0.690. The molecule has 1 fully saturated rings. The standard InChI is InChI=1S/C27H29N3O4S2/c1-19-7-9-24(10-8-19)36(32,33)30-13-12-28(17-20(30)2)26(31)25-16-22-11-14-35-27(22)29(25)18-21-5-4-6-23(15-21)34-3/h4-11,14-16,20H,12-13,17-18H2,1-3H3. The number of piperazine rings is 1. The van der Waals surface area contributed by atoms with E-state index in [-0.39, 0.29) is 23.4 Å². The maximum Gasteiger partial charge on any atom is 0.270 e. The van der Waals surface area contributed by atoms with Crippen LogP contribution in [0.2, 0.25) is 0 Å². The van der Waals surface area contributed by atoms with Gasteiger partial charge in [-0.05, 0) is 61.2 Å². The minimum atomic E-state index is -3.63. The summed E-state index contributed by atoms with van der Waals surface area (Å²) >= 11 is 1.60. The molecule has 7 nitrogen and oxygen atoms in total. The molecule has 36 heavy (non-hydrogen) atoms. The van der Waals surface area contributed by atoms with Crippen molar-refractivity contribution >= 4 is 37.5 Å². The Hall–Kier alpha value is -3.14. The number of amides is 1. The van der Waals surface area contributed by atoms with Gasteiger partial charge in [0.1, 0.15) is 16.3 Å². The number of rotatable bonds is 6. The fourth-order valence-electron chi connectivity index (χ4n) is 4.75. The monoisotopic (exact) mass is 523 g/mol. The summed E-state index contributed by atoms with van der Waals surface area (Å²) in [6.07, 6.45) is 0. The lowest BCUT2D eigenvalue weighted by atomic mass is 10.2. The van der Waals surface area contributed by atoms with Gasteiger partial charge in [-0.1, -0.05) is 29.8 Å². The van der Waals surface area contributed by atoms with Crippen molar-refractivity contribution in [1.29, 1.82) is 0 Å². The van der Waals surface area contributed by atoms with Crippen LogP contribution in [0.15, 0.2) is 70.9 Å². The number of ether oxygens (including phenoxy) is 1. The molecule has 0 N–H and O–H groups in total. The van der Waals surface area contributed by atoms with Gasteiger partial charge in [0.15, 0.2) is 0 Å². The number of thiophene rings is 1. The highest BCUT2D eigenvalue weighted by Gasteiger charge is 2.36. The second-order valence-electron chi connectivity index (χ2n) is 9.18. The third kappa shape index (κ3) is 4.54. The van der Waals surface area contributed by atoms with Crippen LogP contribution in [0.4, 0.5) is 0 Å². The summed E-state index contributed by atoms with van der Waals surface area (Å²) in [6.45, 7) is 5.26. The molecule has 0 spiro atoms. The van der Waals surface area contributed by atoms with Crippen LogP contribution in [0.1, 0.15) is 28.5 Å². The first-order valence-corrected chi connectivity index (χ1v) is 14.2. The highest BCUT2D eigenvalue weighted by atomic mass is 32.2. The number of sulfonamides is 1. The molecule has 1 atom stereocenters. The number of fused-ring (bicyclic) bond motifs is 1. The second kappa shape index (κ2) is 9.72. The number of hydrogen-bond acceptors (Lipinski definition) is 5. The van der Waals surface area contributed by atoms with Gasteiger partial charge < -0.3 is 14.2 Å². The average molecular weight is 524 g/mol. The van der Waals surface area contributed by atoms with E-state index in [4.69, 9.17) is 4.74 Å². The number of hydrogen-bond donors (Lipinski definition) is 0. The molecule has 1 amide bonds. The smallest absolute Gasteiger partial charge is 0.270 e. The number of nitrogens with zero attached hydrogens (tertiary/aromatic N) is 3. The first kappa shape index (κ1) is 24.5. The molecule has 2 aromatic heterocycles. The summed E-state index contributed by atoms with van der Waals surface area (Å²) in [4.78, 5) is 16.8. The lowest BCUT2D eigenvalue weighted by Crippen LogP contribution is -2.55. The van der Waals surface area contributed by atoms with Gasteiger partial charge in [-0.3, -0.25) is 4.79 Å². The number of benzene rings is 2. The first-order chi connectivity index (χ1) is 17.3. The topological polar surface area (TPSA) is 71.8 Å². The number of carbonyl (C=O) groups is 1. The van der Waals surface area contributed by atoms with Crippen LogP contribution < -0.4 is 4.74 Å². The number of aryl methyl sites for hydroxylation is 1. The predicted molar refractivity (Wildman–Crippen MR) is 142 cm³/mol. The van der Waals surface area contributed by atoms with Gasteiger partial charge in [-0.2, -0.15) is 4.31 Å². The highest BCUT2D eigenvalue weighted by Crippen LogP contribution is 2.29. The van der Waals surface area contributed by atoms with Crippen molar-refractivity contribution in [2.24, 2.45) is 0 Å². The maximum atomic E-state index is 13.7. The van der Waals surface area contributed by atoms with E-state index in [1.807, 2.05) is 55.6 Å². The molecule has 0 saturated carbocycles. The summed E-state index contributed by atoms with van der Waals surface area (Å²) < 4.78 is 35.4. The summed E-state index contributed by atoms with van der Waals surface area (Å²) in [5, 5.41) is 3.05. The van der Waals surface area contributed by atoms with Crippen molar-refractivity contribution in [2.75, 3.05) is 26.7 Å². The Bertz CT molecular complexity index is 1510. The normalized spacial score (nSPS) is 17.0. The zero-order chi connectivity index (χ0) is 25.4. The predicted octanol–water partition coefficient (Wildman–Crippen LogP) is 4.60. The van der Waals surface area contributed by atoms with Gasteiger partial charge in [0.05, 0.1) is 12.0 Å². The van der Waals surface area contributed by atoms with Crippen molar-refractivity contribution in [3.63, 3.8) is 0 Å². The fourth-order valence-corrected chi connectivity index (χ4v) is 7.26. The van der Waals surface area contributed by atoms with E-state index < -0.39 is 10.0 Å². The lowest BCUT2D eigenvalue weighted by Gasteiger charge is -2.39. The molecule has 3 heterocycles. The van der Waals surface area contributed by atoms with Crippen LogP contribution in [-0.4, -0.2) is 60.9 Å². The summed E-state index contributed by atoms with van der Waals surface area (Å²) in [7, 11) is -1.99. The zero-order valence-electron chi connectivity index (χ0n) is 20.5. The number of aromatic nitrogens is 1. The van der Waals surface area contributed by atoms with Crippen LogP contribution in [0.3, 0.4) is 0 Å². The quantitative estimate of drug-likeness (QED) is 0.370. The Morgan fingerprint density at radius 1 is 1.08 bits per heavy atom. The van der Waals surface area contributed by atoms with Crippen molar-refractivity contribution in [3.05, 3.63) is 82.9 Å². The van der Waals surface area contributed by atoms with Gasteiger partial charge in [-0.25, -0.2) is 8.42 Å². The van der Waals surface area contributed by atoms with E-state index in [9.17, 15) is 13.2 Å². The largest absolute Gasteiger partial charge is 0.497 e. The van der Waals surface area contributed by atoms with Crippen molar-refractivity contribution < 1.29 is 17.9 Å². The highest BCUT2D eigenvalue weighted by molar-refractivity contribution is 7.89. The molecule has 0 radical (unpaired) electrons. The summed E-state index contributed by atoms with van der Waals surface area (Å²) in [5.41, 5.74) is 2.66. The van der Waals surface area contributed by atoms with Crippen LogP contribution in [0.5, 0.6) is 5.75 Å². The third-order valence-corrected chi connectivity index (χ3v) is 9.66. The SMILES string of the molecule is COc1cccc(Cn2c(C(=O)N3CCN(S(=O)(=O)c4ccc(C)cc4)C(C)C3)cc3ccsc32)c1. The minimum absolute atomic E-state index is 0.0828. The minimum Gasteiger partial charge on any atom is -0.497 e. The Kier molecular flexibility index (Phi) is 6.63. The first-order valence-electron chi connectivity index (χ1n) is 11.9. The van der Waals surface area contributed by atoms with E-state index in [1.54, 1.807) is 47.6 Å². The second-order valence-corrected chi connectivity index (χ2v) is 12.0. The van der Waals surface area contributed by atoms with Gasteiger partial charge >= 0.3 is 0 Å². The molecule has 188 valence electrons. The van der Waals surface area contributed by atoms with Crippen LogP contribution in [0.25, 0.3) is 10.2 Å². The Morgan fingerprint density at radius 3 is 2.58 bits per heavy atom.